The van der Waals surface area contributed by atoms with Gasteiger partial charge in [0, 0.05) is 0 Å². The maximum Gasteiger partial charge on any atom is 0.123 e. The van der Waals surface area contributed by atoms with Crippen molar-refractivity contribution in [2.75, 3.05) is 0 Å². The smallest absolute Gasteiger partial charge is 0.123 e. The summed E-state index contributed by atoms with van der Waals surface area (Å²) >= 11 is 0. The molecule has 0 radical (unpaired) electrons. The topological polar surface area (TPSA) is 37.5 Å². The van der Waals surface area contributed by atoms with Crippen molar-refractivity contribution >= 4 is 5.52 Å². The lowest BCUT2D eigenvalue weighted by Gasteiger charge is -2.33. The van der Waals surface area contributed by atoms with Gasteiger partial charge in [0.15, 0.2) is 0 Å². The van der Waals surface area contributed by atoms with Crippen molar-refractivity contribution in [2.45, 2.75) is 57.5 Å². The molecule has 4 rings (SSSR count). The highest BCUT2D eigenvalue weighted by Crippen LogP contribution is 2.42. The molecular weight excluding hydrogens is 339 g/mol. The van der Waals surface area contributed by atoms with Crippen molar-refractivity contribution < 1.29 is 9.50 Å². The van der Waals surface area contributed by atoms with Crippen LogP contribution in [0.15, 0.2) is 48.9 Å². The number of aliphatic hydroxyl groups excluding tert-OH is 1. The summed E-state index contributed by atoms with van der Waals surface area (Å²) in [5.74, 6) is 0.783. The summed E-state index contributed by atoms with van der Waals surface area (Å²) in [7, 11) is 0. The first kappa shape index (κ1) is 18.2. The van der Waals surface area contributed by atoms with E-state index in [9.17, 15) is 9.50 Å². The number of fused-ring (bicyclic) bond motifs is 1. The number of nitrogens with zero attached hydrogens (tertiary/aromatic N) is 2. The Bertz CT molecular complexity index is 925. The van der Waals surface area contributed by atoms with Crippen molar-refractivity contribution in [3.05, 3.63) is 71.6 Å². The monoisotopic (exact) mass is 366 g/mol. The fourth-order valence-electron chi connectivity index (χ4n) is 4.58. The molecule has 3 aromatic rings. The van der Waals surface area contributed by atoms with Gasteiger partial charge in [0.2, 0.25) is 0 Å². The van der Waals surface area contributed by atoms with Crippen LogP contribution in [-0.2, 0) is 0 Å². The molecule has 1 aliphatic carbocycles. The van der Waals surface area contributed by atoms with Gasteiger partial charge < -0.3 is 9.51 Å². The van der Waals surface area contributed by atoms with E-state index in [1.165, 1.54) is 11.6 Å². The van der Waals surface area contributed by atoms with E-state index in [-0.39, 0.29) is 11.7 Å². The van der Waals surface area contributed by atoms with E-state index in [1.807, 2.05) is 16.7 Å². The summed E-state index contributed by atoms with van der Waals surface area (Å²) in [6.07, 6.45) is 7.01. The molecular formula is C23H27FN2O. The number of aromatic nitrogens is 2. The quantitative estimate of drug-likeness (QED) is 0.652. The molecule has 4 heteroatoms. The van der Waals surface area contributed by atoms with Crippen LogP contribution >= 0.6 is 0 Å². The van der Waals surface area contributed by atoms with E-state index in [0.29, 0.717) is 11.8 Å². The highest BCUT2D eigenvalue weighted by Gasteiger charge is 2.31. The largest absolute Gasteiger partial charge is 0.387 e. The Labute approximate surface area is 159 Å². The highest BCUT2D eigenvalue weighted by molar-refractivity contribution is 5.49. The van der Waals surface area contributed by atoms with Gasteiger partial charge in [0.05, 0.1) is 29.8 Å². The van der Waals surface area contributed by atoms with Crippen LogP contribution < -0.4 is 0 Å². The van der Waals surface area contributed by atoms with Gasteiger partial charge in [0.1, 0.15) is 5.82 Å². The molecule has 2 aromatic heterocycles. The Balaban J connectivity index is 1.56. The van der Waals surface area contributed by atoms with Gasteiger partial charge in [-0.05, 0) is 72.8 Å². The SMILES string of the molecule is CC(C)c1ccc2cncn2c1[C@@H](O)[C@H]1CC[C@H](c2cccc(F)c2)CC1. The zero-order valence-electron chi connectivity index (χ0n) is 16.0. The van der Waals surface area contributed by atoms with E-state index in [0.717, 1.165) is 42.5 Å². The van der Waals surface area contributed by atoms with E-state index >= 15 is 0 Å². The summed E-state index contributed by atoms with van der Waals surface area (Å²) < 4.78 is 15.6. The number of hydrogen-bond acceptors (Lipinski definition) is 2. The molecule has 0 amide bonds. The number of benzene rings is 1. The van der Waals surface area contributed by atoms with Crippen LogP contribution in [0.2, 0.25) is 0 Å². The van der Waals surface area contributed by atoms with E-state index in [4.69, 9.17) is 0 Å². The second kappa shape index (κ2) is 7.43. The van der Waals surface area contributed by atoms with Crippen LogP contribution in [0.1, 0.15) is 74.3 Å². The van der Waals surface area contributed by atoms with Crippen LogP contribution in [0, 0.1) is 11.7 Å². The molecule has 2 heterocycles. The summed E-state index contributed by atoms with van der Waals surface area (Å²) in [4.78, 5) is 4.27. The molecule has 0 aliphatic heterocycles. The maximum atomic E-state index is 13.5. The number of hydrogen-bond donors (Lipinski definition) is 1. The minimum absolute atomic E-state index is 0.164. The van der Waals surface area contributed by atoms with Gasteiger partial charge >= 0.3 is 0 Å². The molecule has 0 bridgehead atoms. The first-order chi connectivity index (χ1) is 13.0. The Morgan fingerprint density at radius 2 is 1.89 bits per heavy atom. The number of halogens is 1. The number of aliphatic hydroxyl groups is 1. The first-order valence-corrected chi connectivity index (χ1v) is 9.93. The third kappa shape index (κ3) is 3.51. The fraction of sp³-hybridized carbons (Fsp3) is 0.435. The number of pyridine rings is 1. The lowest BCUT2D eigenvalue weighted by atomic mass is 9.75. The van der Waals surface area contributed by atoms with Crippen molar-refractivity contribution in [3.8, 4) is 0 Å². The predicted octanol–water partition coefficient (Wildman–Crippen LogP) is 5.60. The molecule has 0 spiro atoms. The molecule has 1 N–H and O–H groups in total. The molecule has 1 fully saturated rings. The third-order valence-electron chi connectivity index (χ3n) is 6.10. The van der Waals surface area contributed by atoms with Crippen LogP contribution in [0.5, 0.6) is 0 Å². The summed E-state index contributed by atoms with van der Waals surface area (Å²) in [6, 6.07) is 11.2. The second-order valence-electron chi connectivity index (χ2n) is 8.13. The fourth-order valence-corrected chi connectivity index (χ4v) is 4.58. The molecule has 0 unspecified atom stereocenters. The zero-order valence-corrected chi connectivity index (χ0v) is 16.0. The van der Waals surface area contributed by atoms with Crippen molar-refractivity contribution in [1.82, 2.24) is 9.38 Å². The van der Waals surface area contributed by atoms with Crippen LogP contribution in [0.4, 0.5) is 4.39 Å². The van der Waals surface area contributed by atoms with E-state index < -0.39 is 6.10 Å². The lowest BCUT2D eigenvalue weighted by Crippen LogP contribution is -2.22. The van der Waals surface area contributed by atoms with Crippen molar-refractivity contribution in [2.24, 2.45) is 5.92 Å². The molecule has 1 aromatic carbocycles. The molecule has 3 nitrogen and oxygen atoms in total. The second-order valence-corrected chi connectivity index (χ2v) is 8.13. The Morgan fingerprint density at radius 1 is 1.11 bits per heavy atom. The molecule has 142 valence electrons. The summed E-state index contributed by atoms with van der Waals surface area (Å²) in [6.45, 7) is 4.32. The number of rotatable bonds is 4. The average Bonchev–Trinajstić information content (AvgIpc) is 3.15. The minimum atomic E-state index is -0.506. The van der Waals surface area contributed by atoms with E-state index in [2.05, 4.69) is 31.0 Å². The lowest BCUT2D eigenvalue weighted by molar-refractivity contribution is 0.0752. The van der Waals surface area contributed by atoms with Crippen molar-refractivity contribution in [1.29, 1.82) is 0 Å². The molecule has 27 heavy (non-hydrogen) atoms. The van der Waals surface area contributed by atoms with Crippen molar-refractivity contribution in [3.63, 3.8) is 0 Å². The summed E-state index contributed by atoms with van der Waals surface area (Å²) in [5, 5.41) is 11.3. The molecule has 1 aliphatic rings. The number of imidazole rings is 1. The summed E-state index contributed by atoms with van der Waals surface area (Å²) in [5.41, 5.74) is 4.26. The van der Waals surface area contributed by atoms with Gasteiger partial charge in [-0.2, -0.15) is 0 Å². The highest BCUT2D eigenvalue weighted by atomic mass is 19.1. The van der Waals surface area contributed by atoms with Gasteiger partial charge in [-0.1, -0.05) is 32.0 Å². The van der Waals surface area contributed by atoms with Gasteiger partial charge in [0.25, 0.3) is 0 Å². The van der Waals surface area contributed by atoms with Gasteiger partial charge in [-0.15, -0.1) is 0 Å². The molecule has 1 saturated carbocycles. The minimum Gasteiger partial charge on any atom is -0.387 e. The Hall–Kier alpha value is -2.20. The third-order valence-corrected chi connectivity index (χ3v) is 6.10. The van der Waals surface area contributed by atoms with Crippen LogP contribution in [-0.4, -0.2) is 14.5 Å². The van der Waals surface area contributed by atoms with Gasteiger partial charge in [-0.3, -0.25) is 0 Å². The molecule has 0 saturated heterocycles. The predicted molar refractivity (Wildman–Crippen MR) is 105 cm³/mol. The standard InChI is InChI=1S/C23H27FN2O/c1-15(2)21-11-10-20-13-25-14-26(20)22(21)23(27)17-8-6-16(7-9-17)18-4-3-5-19(24)12-18/h3-5,10-17,23,27H,6-9H2,1-2H3/t16-,17-,23-/m0/s1. The average molecular weight is 366 g/mol. The zero-order chi connectivity index (χ0) is 19.0. The Morgan fingerprint density at radius 3 is 2.59 bits per heavy atom. The maximum absolute atomic E-state index is 13.5. The normalized spacial score (nSPS) is 21.7. The van der Waals surface area contributed by atoms with Crippen LogP contribution in [0.3, 0.4) is 0 Å². The van der Waals surface area contributed by atoms with E-state index in [1.54, 1.807) is 18.5 Å². The van der Waals surface area contributed by atoms with Crippen LogP contribution in [0.25, 0.3) is 5.52 Å². The Kier molecular flexibility index (Phi) is 5.00. The van der Waals surface area contributed by atoms with Gasteiger partial charge in [-0.25, -0.2) is 9.37 Å². The molecule has 1 atom stereocenters. The first-order valence-electron chi connectivity index (χ1n) is 9.93.